The Bertz CT molecular complexity index is 957. The van der Waals surface area contributed by atoms with Gasteiger partial charge in [0.2, 0.25) is 0 Å². The number of fused-ring (bicyclic) bond motifs is 3. The summed E-state index contributed by atoms with van der Waals surface area (Å²) in [4.78, 5) is 7.34. The van der Waals surface area contributed by atoms with Gasteiger partial charge in [0.1, 0.15) is 5.82 Å². The average Bonchev–Trinajstić information content (AvgIpc) is 2.92. The summed E-state index contributed by atoms with van der Waals surface area (Å²) in [7, 11) is -0.335. The van der Waals surface area contributed by atoms with Gasteiger partial charge in [-0.1, -0.05) is 12.1 Å². The third kappa shape index (κ3) is 2.65. The predicted molar refractivity (Wildman–Crippen MR) is 108 cm³/mol. The molecule has 27 heavy (non-hydrogen) atoms. The first-order valence-corrected chi connectivity index (χ1v) is 9.82. The highest BCUT2D eigenvalue weighted by Gasteiger charge is 2.51. The van der Waals surface area contributed by atoms with Crippen LogP contribution in [0.4, 0.5) is 0 Å². The Kier molecular flexibility index (Phi) is 3.62. The molecule has 0 saturated carbocycles. The van der Waals surface area contributed by atoms with Gasteiger partial charge in [-0.2, -0.15) is 0 Å². The van der Waals surface area contributed by atoms with Crippen molar-refractivity contribution < 1.29 is 9.31 Å². The summed E-state index contributed by atoms with van der Waals surface area (Å²) in [6, 6.07) is 6.39. The summed E-state index contributed by atoms with van der Waals surface area (Å²) in [5.74, 6) is 1.17. The molecule has 0 spiro atoms. The first kappa shape index (κ1) is 17.1. The Balaban J connectivity index is 1.46. The third-order valence-corrected chi connectivity index (χ3v) is 6.47. The molecule has 5 rings (SSSR count). The monoisotopic (exact) mass is 363 g/mol. The van der Waals surface area contributed by atoms with E-state index in [2.05, 4.69) is 73.6 Å². The van der Waals surface area contributed by atoms with Crippen LogP contribution in [0.25, 0.3) is 11.0 Å². The largest absolute Gasteiger partial charge is 0.494 e. The van der Waals surface area contributed by atoms with Gasteiger partial charge in [0.05, 0.1) is 22.2 Å². The fourth-order valence-corrected chi connectivity index (χ4v) is 3.97. The summed E-state index contributed by atoms with van der Waals surface area (Å²) in [5, 5.41) is 0. The summed E-state index contributed by atoms with van der Waals surface area (Å²) < 4.78 is 14.8. The van der Waals surface area contributed by atoms with E-state index in [-0.39, 0.29) is 18.3 Å². The van der Waals surface area contributed by atoms with Crippen LogP contribution in [-0.4, -0.2) is 45.9 Å². The van der Waals surface area contributed by atoms with Crippen molar-refractivity contribution in [3.8, 4) is 0 Å². The Morgan fingerprint density at radius 3 is 2.44 bits per heavy atom. The molecule has 1 aromatic carbocycles. The van der Waals surface area contributed by atoms with Crippen molar-refractivity contribution in [2.75, 3.05) is 13.1 Å². The number of allylic oxidation sites excluding steroid dienone is 3. The predicted octanol–water partition coefficient (Wildman–Crippen LogP) is 2.65. The second-order valence-electron chi connectivity index (χ2n) is 8.70. The van der Waals surface area contributed by atoms with Crippen molar-refractivity contribution in [3.05, 3.63) is 47.9 Å². The van der Waals surface area contributed by atoms with Crippen LogP contribution in [0.15, 0.2) is 42.1 Å². The lowest BCUT2D eigenvalue weighted by Gasteiger charge is -2.32. The lowest BCUT2D eigenvalue weighted by molar-refractivity contribution is 0.00578. The molecule has 1 aromatic heterocycles. The van der Waals surface area contributed by atoms with Gasteiger partial charge in [0.25, 0.3) is 0 Å². The zero-order valence-corrected chi connectivity index (χ0v) is 16.5. The van der Waals surface area contributed by atoms with E-state index in [4.69, 9.17) is 14.3 Å². The summed E-state index contributed by atoms with van der Waals surface area (Å²) in [6.07, 6.45) is 7.43. The van der Waals surface area contributed by atoms with Crippen molar-refractivity contribution in [1.82, 2.24) is 14.5 Å². The molecule has 0 radical (unpaired) electrons. The van der Waals surface area contributed by atoms with Gasteiger partial charge in [0, 0.05) is 31.8 Å². The van der Waals surface area contributed by atoms with Crippen molar-refractivity contribution in [1.29, 1.82) is 0 Å². The van der Waals surface area contributed by atoms with E-state index in [1.807, 2.05) is 0 Å². The molecule has 0 atom stereocenters. The van der Waals surface area contributed by atoms with Crippen LogP contribution >= 0.6 is 0 Å². The van der Waals surface area contributed by atoms with E-state index < -0.39 is 0 Å². The van der Waals surface area contributed by atoms with Crippen LogP contribution in [0.5, 0.6) is 0 Å². The van der Waals surface area contributed by atoms with Gasteiger partial charge in [0.15, 0.2) is 0 Å². The Morgan fingerprint density at radius 2 is 1.78 bits per heavy atom. The van der Waals surface area contributed by atoms with Gasteiger partial charge in [-0.05, 0) is 57.4 Å². The quantitative estimate of drug-likeness (QED) is 0.770. The smallest absolute Gasteiger partial charge is 0.399 e. The normalized spacial score (nSPS) is 23.2. The maximum Gasteiger partial charge on any atom is 0.494 e. The fourth-order valence-electron chi connectivity index (χ4n) is 3.97. The first-order valence-electron chi connectivity index (χ1n) is 9.82. The van der Waals surface area contributed by atoms with Gasteiger partial charge in [-0.25, -0.2) is 4.98 Å². The van der Waals surface area contributed by atoms with E-state index in [0.29, 0.717) is 0 Å². The van der Waals surface area contributed by atoms with Crippen LogP contribution in [0.1, 0.15) is 33.5 Å². The Labute approximate surface area is 160 Å². The van der Waals surface area contributed by atoms with Gasteiger partial charge in [-0.3, -0.25) is 0 Å². The molecular formula is C21H26BN3O2. The number of benzene rings is 1. The van der Waals surface area contributed by atoms with Crippen LogP contribution in [0.3, 0.4) is 0 Å². The molecule has 1 saturated heterocycles. The zero-order chi connectivity index (χ0) is 18.8. The molecule has 0 bridgehead atoms. The topological polar surface area (TPSA) is 39.5 Å². The Morgan fingerprint density at radius 1 is 1.04 bits per heavy atom. The fraction of sp³-hybridized carbons (Fsp3) is 0.476. The maximum absolute atomic E-state index is 6.24. The Hall–Kier alpha value is -2.05. The van der Waals surface area contributed by atoms with Crippen LogP contribution < -0.4 is 5.46 Å². The SMILES string of the molecule is CC1(C)OB(c2ccc3nc4n(c3c2)CCN(C2=CC=C2)CC4)OC1(C)C. The van der Waals surface area contributed by atoms with Crippen LogP contribution in [-0.2, 0) is 22.3 Å². The summed E-state index contributed by atoms with van der Waals surface area (Å²) >= 11 is 0. The highest BCUT2D eigenvalue weighted by atomic mass is 16.7. The van der Waals surface area contributed by atoms with Gasteiger partial charge in [-0.15, -0.1) is 0 Å². The highest BCUT2D eigenvalue weighted by Crippen LogP contribution is 2.36. The number of imidazole rings is 1. The molecule has 3 heterocycles. The highest BCUT2D eigenvalue weighted by molar-refractivity contribution is 6.62. The molecule has 1 fully saturated rings. The van der Waals surface area contributed by atoms with Gasteiger partial charge >= 0.3 is 7.12 Å². The summed E-state index contributed by atoms with van der Waals surface area (Å²) in [5.41, 5.74) is 3.98. The van der Waals surface area contributed by atoms with E-state index in [0.717, 1.165) is 37.0 Å². The van der Waals surface area contributed by atoms with Crippen molar-refractivity contribution >= 4 is 23.6 Å². The van der Waals surface area contributed by atoms with Crippen molar-refractivity contribution in [2.45, 2.75) is 51.9 Å². The lowest BCUT2D eigenvalue weighted by Crippen LogP contribution is -2.41. The second-order valence-corrected chi connectivity index (χ2v) is 8.70. The number of hydrogen-bond donors (Lipinski definition) is 0. The molecule has 0 unspecified atom stereocenters. The minimum Gasteiger partial charge on any atom is -0.399 e. The van der Waals surface area contributed by atoms with Crippen LogP contribution in [0, 0.1) is 0 Å². The standard InChI is InChI=1S/C21H26BN3O2/c1-20(2)21(3,4)27-22(26-20)15-8-9-17-18(14-15)25-13-12-24(16-6-5-7-16)11-10-19(25)23-17/h5-9,14H,10-13H2,1-4H3. The average molecular weight is 363 g/mol. The minimum absolute atomic E-state index is 0.328. The number of nitrogens with zero attached hydrogens (tertiary/aromatic N) is 3. The summed E-state index contributed by atoms with van der Waals surface area (Å²) in [6.45, 7) is 11.3. The third-order valence-electron chi connectivity index (χ3n) is 6.47. The van der Waals surface area contributed by atoms with E-state index >= 15 is 0 Å². The molecule has 2 aliphatic heterocycles. The van der Waals surface area contributed by atoms with Gasteiger partial charge < -0.3 is 18.8 Å². The van der Waals surface area contributed by atoms with E-state index in [1.165, 1.54) is 17.0 Å². The molecule has 0 amide bonds. The number of hydrogen-bond acceptors (Lipinski definition) is 4. The van der Waals surface area contributed by atoms with E-state index in [9.17, 15) is 0 Å². The molecule has 5 nitrogen and oxygen atoms in total. The molecule has 0 N–H and O–H groups in total. The molecule has 140 valence electrons. The minimum atomic E-state index is -0.335. The zero-order valence-electron chi connectivity index (χ0n) is 16.5. The molecule has 6 heteroatoms. The number of rotatable bonds is 2. The van der Waals surface area contributed by atoms with E-state index in [1.54, 1.807) is 0 Å². The molecule has 3 aliphatic rings. The molecule has 2 aromatic rings. The molecule has 1 aliphatic carbocycles. The van der Waals surface area contributed by atoms with Crippen molar-refractivity contribution in [3.63, 3.8) is 0 Å². The maximum atomic E-state index is 6.24. The second kappa shape index (κ2) is 5.73. The van der Waals surface area contributed by atoms with Crippen molar-refractivity contribution in [2.24, 2.45) is 0 Å². The lowest BCUT2D eigenvalue weighted by atomic mass is 9.79. The van der Waals surface area contributed by atoms with Crippen LogP contribution in [0.2, 0.25) is 0 Å². The number of aromatic nitrogens is 2. The first-order chi connectivity index (χ1) is 12.8. The molecular weight excluding hydrogens is 337 g/mol.